The third kappa shape index (κ3) is 6.15. The maximum absolute atomic E-state index is 12.5. The molecule has 1 fully saturated rings. The molecule has 0 atom stereocenters. The summed E-state index contributed by atoms with van der Waals surface area (Å²) in [5.74, 6) is -0.188. The normalized spacial score (nSPS) is 15.6. The lowest BCUT2D eigenvalue weighted by Gasteiger charge is -2.26. The van der Waals surface area contributed by atoms with Gasteiger partial charge in [-0.15, -0.1) is 0 Å². The fraction of sp³-hybridized carbons (Fsp3) is 0.417. The summed E-state index contributed by atoms with van der Waals surface area (Å²) in [5.41, 5.74) is 3.32. The number of rotatable bonds is 9. The van der Waals surface area contributed by atoms with Crippen molar-refractivity contribution >= 4 is 24.5 Å². The van der Waals surface area contributed by atoms with Gasteiger partial charge in [0.15, 0.2) is 0 Å². The van der Waals surface area contributed by atoms with Gasteiger partial charge in [-0.2, -0.15) is 0 Å². The summed E-state index contributed by atoms with van der Waals surface area (Å²) in [5, 5.41) is 12.5. The molecule has 2 aliphatic rings. The minimum Gasteiger partial charge on any atom is -0.492 e. The molecule has 2 heterocycles. The summed E-state index contributed by atoms with van der Waals surface area (Å²) >= 11 is 0. The van der Waals surface area contributed by atoms with Crippen LogP contribution in [0.25, 0.3) is 0 Å². The molecule has 2 aromatic carbocycles. The molecular formula is C24H29BN2O7. The fourth-order valence-corrected chi connectivity index (χ4v) is 4.01. The van der Waals surface area contributed by atoms with Gasteiger partial charge in [0, 0.05) is 25.2 Å². The molecule has 1 amide bonds. The molecule has 0 spiro atoms. The van der Waals surface area contributed by atoms with Gasteiger partial charge in [-0.05, 0) is 47.3 Å². The van der Waals surface area contributed by atoms with Crippen molar-refractivity contribution < 1.29 is 33.5 Å². The first-order chi connectivity index (χ1) is 16.5. The molecule has 0 saturated carbocycles. The molecule has 180 valence electrons. The van der Waals surface area contributed by atoms with E-state index in [2.05, 4.69) is 10.2 Å². The number of ether oxygens (including phenoxy) is 3. The van der Waals surface area contributed by atoms with Crippen molar-refractivity contribution in [3.63, 3.8) is 0 Å². The lowest BCUT2D eigenvalue weighted by Crippen LogP contribution is -2.38. The number of amides is 1. The fourth-order valence-electron chi connectivity index (χ4n) is 4.01. The first-order valence-electron chi connectivity index (χ1n) is 11.4. The Morgan fingerprint density at radius 2 is 1.91 bits per heavy atom. The molecule has 34 heavy (non-hydrogen) atoms. The van der Waals surface area contributed by atoms with E-state index in [9.17, 15) is 14.6 Å². The average Bonchev–Trinajstić information content (AvgIpc) is 3.24. The Balaban J connectivity index is 1.18. The molecule has 0 radical (unpaired) electrons. The highest BCUT2D eigenvalue weighted by atomic mass is 16.5. The number of nitrogens with one attached hydrogen (secondary N) is 1. The Labute approximate surface area is 199 Å². The largest absolute Gasteiger partial charge is 0.492 e. The standard InChI is InChI=1S/C24H29BN2O7/c1-17-21(7-4-19-16-34-25(30)23(17)19)24(29)26-14-22(28)33-15-18-2-5-20(6-3-18)32-13-10-27-8-11-31-12-9-27/h2-7,30H,8-16H2,1H3,(H,26,29). The third-order valence-corrected chi connectivity index (χ3v) is 5.99. The molecule has 2 N–H and O–H groups in total. The number of benzene rings is 2. The lowest BCUT2D eigenvalue weighted by molar-refractivity contribution is -0.143. The van der Waals surface area contributed by atoms with Crippen molar-refractivity contribution in [2.24, 2.45) is 0 Å². The number of fused-ring (bicyclic) bond motifs is 1. The summed E-state index contributed by atoms with van der Waals surface area (Å²) in [7, 11) is -1.03. The SMILES string of the molecule is Cc1c(C(=O)NCC(=O)OCc2ccc(OCCN3CCOCC3)cc2)ccc2c1B(O)OC2. The van der Waals surface area contributed by atoms with Crippen LogP contribution in [0.2, 0.25) is 0 Å². The monoisotopic (exact) mass is 468 g/mol. The van der Waals surface area contributed by atoms with E-state index in [-0.39, 0.29) is 13.2 Å². The van der Waals surface area contributed by atoms with Crippen LogP contribution in [-0.4, -0.2) is 74.9 Å². The number of nitrogens with zero attached hydrogens (tertiary/aromatic N) is 1. The molecule has 1 saturated heterocycles. The maximum Gasteiger partial charge on any atom is 0.492 e. The van der Waals surface area contributed by atoms with Crippen molar-refractivity contribution in [1.29, 1.82) is 0 Å². The summed E-state index contributed by atoms with van der Waals surface area (Å²) in [6, 6.07) is 10.8. The van der Waals surface area contributed by atoms with Crippen LogP contribution in [0.4, 0.5) is 0 Å². The lowest BCUT2D eigenvalue weighted by atomic mass is 9.75. The molecule has 2 aromatic rings. The average molecular weight is 468 g/mol. The Hall–Kier alpha value is -2.92. The van der Waals surface area contributed by atoms with E-state index in [0.29, 0.717) is 29.8 Å². The molecular weight excluding hydrogens is 439 g/mol. The van der Waals surface area contributed by atoms with Crippen LogP contribution < -0.4 is 15.5 Å². The Morgan fingerprint density at radius 3 is 2.68 bits per heavy atom. The highest BCUT2D eigenvalue weighted by molar-refractivity contribution is 6.62. The zero-order valence-corrected chi connectivity index (χ0v) is 19.2. The molecule has 10 heteroatoms. The number of esters is 1. The summed E-state index contributed by atoms with van der Waals surface area (Å²) in [4.78, 5) is 26.9. The van der Waals surface area contributed by atoms with Crippen LogP contribution in [0.15, 0.2) is 36.4 Å². The number of morpholine rings is 1. The molecule has 4 rings (SSSR count). The van der Waals surface area contributed by atoms with Crippen LogP contribution >= 0.6 is 0 Å². The number of carbonyl (C=O) groups is 2. The Bertz CT molecular complexity index is 1010. The Morgan fingerprint density at radius 1 is 1.15 bits per heavy atom. The van der Waals surface area contributed by atoms with Crippen molar-refractivity contribution in [2.45, 2.75) is 20.1 Å². The van der Waals surface area contributed by atoms with Gasteiger partial charge in [-0.25, -0.2) is 0 Å². The van der Waals surface area contributed by atoms with Crippen LogP contribution in [-0.2, 0) is 32.1 Å². The summed E-state index contributed by atoms with van der Waals surface area (Å²) in [6.07, 6.45) is 0. The first-order valence-corrected chi connectivity index (χ1v) is 11.4. The summed E-state index contributed by atoms with van der Waals surface area (Å²) in [6.45, 7) is 6.76. The maximum atomic E-state index is 12.5. The van der Waals surface area contributed by atoms with Gasteiger partial charge < -0.3 is 29.2 Å². The van der Waals surface area contributed by atoms with Crippen LogP contribution in [0.5, 0.6) is 5.75 Å². The van der Waals surface area contributed by atoms with Gasteiger partial charge in [-0.1, -0.05) is 18.2 Å². The van der Waals surface area contributed by atoms with Gasteiger partial charge in [0.25, 0.3) is 5.91 Å². The van der Waals surface area contributed by atoms with E-state index < -0.39 is 19.0 Å². The van der Waals surface area contributed by atoms with E-state index >= 15 is 0 Å². The molecule has 0 unspecified atom stereocenters. The van der Waals surface area contributed by atoms with E-state index in [1.54, 1.807) is 19.1 Å². The smallest absolute Gasteiger partial charge is 0.492 e. The van der Waals surface area contributed by atoms with Crippen molar-refractivity contribution in [3.8, 4) is 5.75 Å². The number of hydrogen-bond donors (Lipinski definition) is 2. The summed E-state index contributed by atoms with van der Waals surface area (Å²) < 4.78 is 21.6. The van der Waals surface area contributed by atoms with Crippen LogP contribution in [0.3, 0.4) is 0 Å². The van der Waals surface area contributed by atoms with Crippen molar-refractivity contribution in [3.05, 3.63) is 58.7 Å². The molecule has 0 aliphatic carbocycles. The second-order valence-corrected chi connectivity index (χ2v) is 8.26. The highest BCUT2D eigenvalue weighted by Gasteiger charge is 2.31. The van der Waals surface area contributed by atoms with Crippen molar-refractivity contribution in [2.75, 3.05) is 46.0 Å². The van der Waals surface area contributed by atoms with E-state index in [1.165, 1.54) is 0 Å². The number of hydrogen-bond acceptors (Lipinski definition) is 8. The van der Waals surface area contributed by atoms with Gasteiger partial charge in [-0.3, -0.25) is 14.5 Å². The Kier molecular flexibility index (Phi) is 8.18. The first kappa shape index (κ1) is 24.2. The molecule has 0 aromatic heterocycles. The van der Waals surface area contributed by atoms with Gasteiger partial charge in [0.05, 0.1) is 19.8 Å². The van der Waals surface area contributed by atoms with Gasteiger partial charge >= 0.3 is 13.1 Å². The van der Waals surface area contributed by atoms with Crippen LogP contribution in [0, 0.1) is 6.92 Å². The second kappa shape index (κ2) is 11.5. The zero-order chi connectivity index (χ0) is 23.9. The minimum absolute atomic E-state index is 0.101. The quantitative estimate of drug-likeness (QED) is 0.403. The van der Waals surface area contributed by atoms with Gasteiger partial charge in [0.1, 0.15) is 25.5 Å². The zero-order valence-electron chi connectivity index (χ0n) is 19.2. The molecule has 2 aliphatic heterocycles. The predicted molar refractivity (Wildman–Crippen MR) is 125 cm³/mol. The molecule has 0 bridgehead atoms. The van der Waals surface area contributed by atoms with E-state index in [4.69, 9.17) is 18.9 Å². The van der Waals surface area contributed by atoms with Gasteiger partial charge in [0.2, 0.25) is 0 Å². The molecule has 9 nitrogen and oxygen atoms in total. The third-order valence-electron chi connectivity index (χ3n) is 5.99. The van der Waals surface area contributed by atoms with Crippen LogP contribution in [0.1, 0.15) is 27.0 Å². The topological polar surface area (TPSA) is 107 Å². The minimum atomic E-state index is -1.03. The number of carbonyl (C=O) groups excluding carboxylic acids is 2. The second-order valence-electron chi connectivity index (χ2n) is 8.26. The van der Waals surface area contributed by atoms with Crippen molar-refractivity contribution in [1.82, 2.24) is 10.2 Å². The predicted octanol–water partition coefficient (Wildman–Crippen LogP) is 0.397. The highest BCUT2D eigenvalue weighted by Crippen LogP contribution is 2.16. The van der Waals surface area contributed by atoms with E-state index in [1.807, 2.05) is 24.3 Å². The van der Waals surface area contributed by atoms with E-state index in [0.717, 1.165) is 49.7 Å².